The van der Waals surface area contributed by atoms with Gasteiger partial charge in [0.2, 0.25) is 0 Å². The topological polar surface area (TPSA) is 122 Å². The summed E-state index contributed by atoms with van der Waals surface area (Å²) in [5.41, 5.74) is 0.378. The predicted molar refractivity (Wildman–Crippen MR) is 106 cm³/mol. The van der Waals surface area contributed by atoms with E-state index in [1.165, 1.54) is 13.0 Å². The Morgan fingerprint density at radius 2 is 1.72 bits per heavy atom. The van der Waals surface area contributed by atoms with E-state index in [-0.39, 0.29) is 10.9 Å². The van der Waals surface area contributed by atoms with Crippen LogP contribution >= 0.6 is 0 Å². The number of nitrogens with zero attached hydrogens (tertiary/aromatic N) is 1. The largest absolute Gasteiger partial charge is 0.451 e. The van der Waals surface area contributed by atoms with E-state index in [4.69, 9.17) is 4.74 Å². The van der Waals surface area contributed by atoms with Gasteiger partial charge >= 0.3 is 12.0 Å². The second kappa shape index (κ2) is 7.70. The summed E-state index contributed by atoms with van der Waals surface area (Å²) in [7, 11) is -3.91. The van der Waals surface area contributed by atoms with Gasteiger partial charge in [0.05, 0.1) is 10.6 Å². The molecule has 2 aromatic carbocycles. The van der Waals surface area contributed by atoms with Gasteiger partial charge in [-0.3, -0.25) is 19.2 Å². The Hall–Kier alpha value is -3.14. The second-order valence-corrected chi connectivity index (χ2v) is 8.72. The molecule has 0 aliphatic carbocycles. The number of sulfonamides is 1. The first kappa shape index (κ1) is 20.6. The van der Waals surface area contributed by atoms with Gasteiger partial charge in [0.25, 0.3) is 15.9 Å². The average Bonchev–Trinajstić information content (AvgIpc) is 2.84. The third-order valence-electron chi connectivity index (χ3n) is 4.29. The van der Waals surface area contributed by atoms with E-state index < -0.39 is 40.6 Å². The summed E-state index contributed by atoms with van der Waals surface area (Å²) in [4.78, 5) is 36.0. The minimum Gasteiger partial charge on any atom is -0.451 e. The van der Waals surface area contributed by atoms with Crippen molar-refractivity contribution in [2.75, 3.05) is 10.8 Å². The molecule has 3 amide bonds. The number of hydrogen-bond donors (Lipinski definition) is 2. The highest BCUT2D eigenvalue weighted by molar-refractivity contribution is 7.93. The molecule has 1 heterocycles. The van der Waals surface area contributed by atoms with E-state index in [0.717, 1.165) is 9.69 Å². The Balaban J connectivity index is 1.71. The molecule has 0 unspecified atom stereocenters. The molecule has 154 valence electrons. The van der Waals surface area contributed by atoms with E-state index in [1.807, 2.05) is 0 Å². The number of nitrogens with one attached hydrogen (secondary N) is 2. The van der Waals surface area contributed by atoms with E-state index >= 15 is 0 Å². The average molecular weight is 419 g/mol. The summed E-state index contributed by atoms with van der Waals surface area (Å²) < 4.78 is 31.7. The van der Waals surface area contributed by atoms with E-state index in [0.29, 0.717) is 11.1 Å². The number of ether oxygens (including phenoxy) is 1. The fraction of sp³-hybridized carbons (Fsp3) is 0.316. The first-order valence-electron chi connectivity index (χ1n) is 8.96. The van der Waals surface area contributed by atoms with E-state index in [2.05, 4.69) is 10.6 Å². The summed E-state index contributed by atoms with van der Waals surface area (Å²) in [6, 6.07) is 9.11. The standard InChI is InChI=1S/C19H21N3O6S/c1-11(2)20-19(25)21-18(24)12(3)28-16(23)10-22-14-8-4-6-13-7-5-9-15(17(13)14)29(22,26)27/h4-9,11-12H,10H2,1-3H3,(H2,20,21,24,25)/t12-/m0/s1. The maximum Gasteiger partial charge on any atom is 0.327 e. The van der Waals surface area contributed by atoms with E-state index in [1.54, 1.807) is 44.2 Å². The Labute approximate surface area is 168 Å². The van der Waals surface area contributed by atoms with Gasteiger partial charge in [0, 0.05) is 11.4 Å². The zero-order chi connectivity index (χ0) is 21.3. The Kier molecular flexibility index (Phi) is 5.47. The Morgan fingerprint density at radius 3 is 2.38 bits per heavy atom. The first-order valence-corrected chi connectivity index (χ1v) is 10.4. The van der Waals surface area contributed by atoms with Gasteiger partial charge in [-0.1, -0.05) is 24.3 Å². The van der Waals surface area contributed by atoms with Crippen LogP contribution in [0.1, 0.15) is 20.8 Å². The third-order valence-corrected chi connectivity index (χ3v) is 6.09. The summed E-state index contributed by atoms with van der Waals surface area (Å²) >= 11 is 0. The molecule has 1 aliphatic rings. The zero-order valence-corrected chi connectivity index (χ0v) is 16.9. The van der Waals surface area contributed by atoms with Gasteiger partial charge in [0.15, 0.2) is 6.10 Å². The fourth-order valence-corrected chi connectivity index (χ4v) is 4.70. The SMILES string of the molecule is CC(C)NC(=O)NC(=O)[C@H](C)OC(=O)CN1c2cccc3cccc(c23)S1(=O)=O. The molecule has 0 aromatic heterocycles. The molecule has 10 heteroatoms. The molecular formula is C19H21N3O6S. The van der Waals surface area contributed by atoms with Gasteiger partial charge in [-0.2, -0.15) is 0 Å². The highest BCUT2D eigenvalue weighted by Gasteiger charge is 2.37. The molecule has 9 nitrogen and oxygen atoms in total. The van der Waals surface area contributed by atoms with Crippen molar-refractivity contribution in [2.24, 2.45) is 0 Å². The van der Waals surface area contributed by atoms with Crippen LogP contribution in [0.2, 0.25) is 0 Å². The number of urea groups is 1. The zero-order valence-electron chi connectivity index (χ0n) is 16.1. The van der Waals surface area contributed by atoms with Crippen LogP contribution in [-0.2, 0) is 24.3 Å². The molecule has 1 atom stereocenters. The highest BCUT2D eigenvalue weighted by atomic mass is 32.2. The number of imide groups is 1. The molecule has 0 fully saturated rings. The molecule has 0 spiro atoms. The van der Waals surface area contributed by atoms with Crippen LogP contribution in [0.4, 0.5) is 10.5 Å². The Bertz CT molecular complexity index is 1090. The van der Waals surface area contributed by atoms with Crippen LogP contribution in [0.3, 0.4) is 0 Å². The number of amides is 3. The Morgan fingerprint density at radius 1 is 1.07 bits per heavy atom. The number of carbonyl (C=O) groups is 3. The number of esters is 1. The summed E-state index contributed by atoms with van der Waals surface area (Å²) in [5, 5.41) is 5.81. The van der Waals surface area contributed by atoms with E-state index in [9.17, 15) is 22.8 Å². The molecule has 0 saturated carbocycles. The van der Waals surface area contributed by atoms with Crippen molar-refractivity contribution in [3.8, 4) is 0 Å². The van der Waals surface area contributed by atoms with Crippen molar-refractivity contribution >= 4 is 44.4 Å². The summed E-state index contributed by atoms with van der Waals surface area (Å²) in [6.07, 6.45) is -1.27. The van der Waals surface area contributed by atoms with Crippen LogP contribution < -0.4 is 14.9 Å². The molecule has 1 aliphatic heterocycles. The van der Waals surface area contributed by atoms with Gasteiger partial charge in [-0.25, -0.2) is 13.2 Å². The molecule has 0 radical (unpaired) electrons. The van der Waals surface area contributed by atoms with Crippen molar-refractivity contribution in [3.63, 3.8) is 0 Å². The van der Waals surface area contributed by atoms with Gasteiger partial charge in [-0.15, -0.1) is 0 Å². The van der Waals surface area contributed by atoms with Crippen LogP contribution in [0, 0.1) is 0 Å². The number of carbonyl (C=O) groups excluding carboxylic acids is 3. The minimum absolute atomic E-state index is 0.120. The summed E-state index contributed by atoms with van der Waals surface area (Å²) in [5.74, 6) is -1.73. The van der Waals surface area contributed by atoms with Crippen LogP contribution in [0.15, 0.2) is 41.3 Å². The molecule has 2 aromatic rings. The van der Waals surface area contributed by atoms with Crippen LogP contribution in [0.25, 0.3) is 10.8 Å². The number of rotatable bonds is 5. The summed E-state index contributed by atoms with van der Waals surface area (Å²) in [6.45, 7) is 4.15. The lowest BCUT2D eigenvalue weighted by Crippen LogP contribution is -2.47. The minimum atomic E-state index is -3.91. The lowest BCUT2D eigenvalue weighted by atomic mass is 10.1. The molecular weight excluding hydrogens is 398 g/mol. The van der Waals surface area contributed by atoms with Crippen molar-refractivity contribution in [1.29, 1.82) is 0 Å². The van der Waals surface area contributed by atoms with Crippen LogP contribution in [0.5, 0.6) is 0 Å². The van der Waals surface area contributed by atoms with Crippen molar-refractivity contribution in [2.45, 2.75) is 37.8 Å². The molecule has 2 N–H and O–H groups in total. The van der Waals surface area contributed by atoms with Crippen molar-refractivity contribution in [3.05, 3.63) is 36.4 Å². The highest BCUT2D eigenvalue weighted by Crippen LogP contribution is 2.41. The fourth-order valence-electron chi connectivity index (χ4n) is 3.05. The number of hydrogen-bond acceptors (Lipinski definition) is 6. The van der Waals surface area contributed by atoms with Crippen molar-refractivity contribution in [1.82, 2.24) is 10.6 Å². The monoisotopic (exact) mass is 419 g/mol. The number of anilines is 1. The molecule has 29 heavy (non-hydrogen) atoms. The first-order chi connectivity index (χ1) is 13.6. The maximum atomic E-state index is 12.9. The van der Waals surface area contributed by atoms with Gasteiger partial charge < -0.3 is 10.1 Å². The van der Waals surface area contributed by atoms with Gasteiger partial charge in [-0.05, 0) is 38.3 Å². The van der Waals surface area contributed by atoms with Crippen LogP contribution in [-0.4, -0.2) is 45.0 Å². The quantitative estimate of drug-likeness (QED) is 0.709. The lowest BCUT2D eigenvalue weighted by Gasteiger charge is -2.19. The van der Waals surface area contributed by atoms with Crippen molar-refractivity contribution < 1.29 is 27.5 Å². The maximum absolute atomic E-state index is 12.9. The third kappa shape index (κ3) is 4.02. The second-order valence-electron chi connectivity index (χ2n) is 6.89. The predicted octanol–water partition coefficient (Wildman–Crippen LogP) is 1.51. The number of benzene rings is 2. The normalized spacial score (nSPS) is 15.2. The molecule has 0 saturated heterocycles. The molecule has 0 bridgehead atoms. The van der Waals surface area contributed by atoms with Gasteiger partial charge in [0.1, 0.15) is 6.54 Å². The molecule has 3 rings (SSSR count). The smallest absolute Gasteiger partial charge is 0.327 e. The lowest BCUT2D eigenvalue weighted by molar-refractivity contribution is -0.152.